The first-order valence-electron chi connectivity index (χ1n) is 4.07. The lowest BCUT2D eigenvalue weighted by atomic mass is 10.2. The highest BCUT2D eigenvalue weighted by Crippen LogP contribution is 2.31. The maximum Gasteiger partial charge on any atom is 0.137 e. The van der Waals surface area contributed by atoms with Crippen LogP contribution in [0.1, 0.15) is 10.9 Å². The molecule has 1 heterocycles. The molecule has 0 aliphatic carbocycles. The standard InChI is InChI=1S/C9H9BrFNS/c10-7-5-6(1-2-8(7)11)9-12-3-4-13-9/h1-2,5,9,12H,3-4H2/t9-/m0/s1. The third kappa shape index (κ3) is 2.06. The molecule has 1 atom stereocenters. The average molecular weight is 262 g/mol. The quantitative estimate of drug-likeness (QED) is 0.835. The van der Waals surface area contributed by atoms with E-state index in [0.717, 1.165) is 17.9 Å². The molecule has 0 aromatic heterocycles. The first-order chi connectivity index (χ1) is 6.27. The average Bonchev–Trinajstić information content (AvgIpc) is 2.62. The summed E-state index contributed by atoms with van der Waals surface area (Å²) in [6, 6.07) is 5.17. The molecular formula is C9H9BrFNS. The van der Waals surface area contributed by atoms with Crippen LogP contribution in [-0.4, -0.2) is 12.3 Å². The van der Waals surface area contributed by atoms with Gasteiger partial charge in [-0.1, -0.05) is 6.07 Å². The highest BCUT2D eigenvalue weighted by atomic mass is 79.9. The Morgan fingerprint density at radius 3 is 3.00 bits per heavy atom. The van der Waals surface area contributed by atoms with E-state index >= 15 is 0 Å². The van der Waals surface area contributed by atoms with Gasteiger partial charge in [-0.05, 0) is 33.6 Å². The Kier molecular flexibility index (Phi) is 2.91. The fourth-order valence-electron chi connectivity index (χ4n) is 1.32. The van der Waals surface area contributed by atoms with Crippen molar-refractivity contribution in [2.45, 2.75) is 5.37 Å². The number of hydrogen-bond acceptors (Lipinski definition) is 2. The predicted molar refractivity (Wildman–Crippen MR) is 57.3 cm³/mol. The van der Waals surface area contributed by atoms with Crippen molar-refractivity contribution in [2.75, 3.05) is 12.3 Å². The first-order valence-corrected chi connectivity index (χ1v) is 5.91. The highest BCUT2D eigenvalue weighted by Gasteiger charge is 2.17. The molecule has 1 aliphatic heterocycles. The molecule has 2 rings (SSSR count). The Balaban J connectivity index is 2.25. The van der Waals surface area contributed by atoms with E-state index in [-0.39, 0.29) is 5.82 Å². The number of hydrogen-bond donors (Lipinski definition) is 1. The smallest absolute Gasteiger partial charge is 0.137 e. The second kappa shape index (κ2) is 3.98. The minimum absolute atomic E-state index is 0.202. The van der Waals surface area contributed by atoms with Crippen molar-refractivity contribution in [3.05, 3.63) is 34.1 Å². The van der Waals surface area contributed by atoms with Crippen LogP contribution in [-0.2, 0) is 0 Å². The van der Waals surface area contributed by atoms with Crippen LogP contribution in [0.2, 0.25) is 0 Å². The molecule has 0 amide bonds. The van der Waals surface area contributed by atoms with Crippen LogP contribution in [0.5, 0.6) is 0 Å². The highest BCUT2D eigenvalue weighted by molar-refractivity contribution is 9.10. The van der Waals surface area contributed by atoms with E-state index in [1.165, 1.54) is 6.07 Å². The van der Waals surface area contributed by atoms with Crippen molar-refractivity contribution in [1.29, 1.82) is 0 Å². The molecule has 1 aliphatic rings. The van der Waals surface area contributed by atoms with Crippen molar-refractivity contribution in [3.63, 3.8) is 0 Å². The van der Waals surface area contributed by atoms with E-state index in [4.69, 9.17) is 0 Å². The molecule has 1 fully saturated rings. The zero-order chi connectivity index (χ0) is 9.26. The van der Waals surface area contributed by atoms with Crippen molar-refractivity contribution in [3.8, 4) is 0 Å². The second-order valence-corrected chi connectivity index (χ2v) is 4.95. The van der Waals surface area contributed by atoms with Gasteiger partial charge in [0.05, 0.1) is 9.85 Å². The number of halogens is 2. The van der Waals surface area contributed by atoms with Crippen molar-refractivity contribution >= 4 is 27.7 Å². The third-order valence-electron chi connectivity index (χ3n) is 1.96. The fourth-order valence-corrected chi connectivity index (χ4v) is 2.76. The van der Waals surface area contributed by atoms with Gasteiger partial charge in [0, 0.05) is 12.3 Å². The summed E-state index contributed by atoms with van der Waals surface area (Å²) >= 11 is 5.04. The van der Waals surface area contributed by atoms with Gasteiger partial charge in [-0.25, -0.2) is 4.39 Å². The van der Waals surface area contributed by atoms with E-state index in [1.807, 2.05) is 23.9 Å². The lowest BCUT2D eigenvalue weighted by Crippen LogP contribution is -2.11. The Morgan fingerprint density at radius 1 is 1.54 bits per heavy atom. The van der Waals surface area contributed by atoms with Gasteiger partial charge in [0.1, 0.15) is 5.82 Å². The van der Waals surface area contributed by atoms with Crippen LogP contribution in [0.15, 0.2) is 22.7 Å². The van der Waals surface area contributed by atoms with Crippen LogP contribution in [0.3, 0.4) is 0 Å². The van der Waals surface area contributed by atoms with E-state index in [9.17, 15) is 4.39 Å². The fraction of sp³-hybridized carbons (Fsp3) is 0.333. The molecule has 0 spiro atoms. The summed E-state index contributed by atoms with van der Waals surface area (Å²) < 4.78 is 13.5. The van der Waals surface area contributed by atoms with Gasteiger partial charge < -0.3 is 5.32 Å². The third-order valence-corrected chi connectivity index (χ3v) is 3.78. The molecule has 1 aromatic rings. The summed E-state index contributed by atoms with van der Waals surface area (Å²) in [5.41, 5.74) is 1.13. The van der Waals surface area contributed by atoms with E-state index < -0.39 is 0 Å². The number of thioether (sulfide) groups is 1. The van der Waals surface area contributed by atoms with Crippen molar-refractivity contribution in [1.82, 2.24) is 5.32 Å². The largest absolute Gasteiger partial charge is 0.301 e. The van der Waals surface area contributed by atoms with Gasteiger partial charge in [-0.3, -0.25) is 0 Å². The Morgan fingerprint density at radius 2 is 2.38 bits per heavy atom. The van der Waals surface area contributed by atoms with Crippen LogP contribution in [0.25, 0.3) is 0 Å². The Labute approximate surface area is 89.2 Å². The first kappa shape index (κ1) is 9.49. The van der Waals surface area contributed by atoms with Gasteiger partial charge in [0.2, 0.25) is 0 Å². The summed E-state index contributed by atoms with van der Waals surface area (Å²) in [7, 11) is 0. The van der Waals surface area contributed by atoms with Crippen LogP contribution < -0.4 is 5.32 Å². The maximum atomic E-state index is 12.9. The Bertz CT molecular complexity index is 312. The van der Waals surface area contributed by atoms with Gasteiger partial charge in [-0.2, -0.15) is 0 Å². The molecule has 0 bridgehead atoms. The van der Waals surface area contributed by atoms with Crippen LogP contribution >= 0.6 is 27.7 Å². The zero-order valence-electron chi connectivity index (χ0n) is 6.89. The summed E-state index contributed by atoms with van der Waals surface area (Å²) in [5.74, 6) is 0.923. The zero-order valence-corrected chi connectivity index (χ0v) is 9.29. The molecule has 1 saturated heterocycles. The van der Waals surface area contributed by atoms with Gasteiger partial charge in [0.25, 0.3) is 0 Å². The van der Waals surface area contributed by atoms with Crippen molar-refractivity contribution in [2.24, 2.45) is 0 Å². The second-order valence-electron chi connectivity index (χ2n) is 2.88. The number of rotatable bonds is 1. The minimum atomic E-state index is -0.202. The number of benzene rings is 1. The molecular weight excluding hydrogens is 253 g/mol. The maximum absolute atomic E-state index is 12.9. The van der Waals surface area contributed by atoms with Gasteiger partial charge in [0.15, 0.2) is 0 Å². The van der Waals surface area contributed by atoms with Crippen LogP contribution in [0.4, 0.5) is 4.39 Å². The van der Waals surface area contributed by atoms with E-state index in [0.29, 0.717) is 9.85 Å². The summed E-state index contributed by atoms with van der Waals surface area (Å²) in [4.78, 5) is 0. The van der Waals surface area contributed by atoms with Gasteiger partial charge in [-0.15, -0.1) is 11.8 Å². The van der Waals surface area contributed by atoms with Crippen LogP contribution in [0, 0.1) is 5.82 Å². The molecule has 0 unspecified atom stereocenters. The molecule has 0 radical (unpaired) electrons. The lowest BCUT2D eigenvalue weighted by molar-refractivity contribution is 0.619. The molecule has 70 valence electrons. The predicted octanol–water partition coefficient (Wildman–Crippen LogP) is 2.92. The lowest BCUT2D eigenvalue weighted by Gasteiger charge is -2.09. The SMILES string of the molecule is Fc1ccc([C@H]2NCCS2)cc1Br. The molecule has 1 nitrogen and oxygen atoms in total. The Hall–Kier alpha value is -0.0600. The van der Waals surface area contributed by atoms with Gasteiger partial charge >= 0.3 is 0 Å². The number of nitrogens with one attached hydrogen (secondary N) is 1. The van der Waals surface area contributed by atoms with E-state index in [2.05, 4.69) is 21.2 Å². The topological polar surface area (TPSA) is 12.0 Å². The molecule has 13 heavy (non-hydrogen) atoms. The summed E-state index contributed by atoms with van der Waals surface area (Å²) in [6.07, 6.45) is 0. The normalized spacial score (nSPS) is 22.2. The van der Waals surface area contributed by atoms with Crippen molar-refractivity contribution < 1.29 is 4.39 Å². The molecule has 0 saturated carbocycles. The summed E-state index contributed by atoms with van der Waals surface area (Å²) in [6.45, 7) is 1.03. The molecule has 4 heteroatoms. The molecule has 1 aromatic carbocycles. The monoisotopic (exact) mass is 261 g/mol. The summed E-state index contributed by atoms with van der Waals surface area (Å²) in [5, 5.41) is 3.67. The van der Waals surface area contributed by atoms with E-state index in [1.54, 1.807) is 0 Å². The minimum Gasteiger partial charge on any atom is -0.301 e. The molecule has 1 N–H and O–H groups in total.